The van der Waals surface area contributed by atoms with Gasteiger partial charge in [0.2, 0.25) is 0 Å². The van der Waals surface area contributed by atoms with Crippen molar-refractivity contribution in [2.24, 2.45) is 0 Å². The predicted molar refractivity (Wildman–Crippen MR) is 115 cm³/mol. The molecule has 152 valence electrons. The second kappa shape index (κ2) is 9.02. The number of methoxy groups -OCH3 is 1. The fourth-order valence-corrected chi connectivity index (χ4v) is 3.14. The maximum atomic E-state index is 14.5. The van der Waals surface area contributed by atoms with E-state index in [9.17, 15) is 4.39 Å². The normalized spacial score (nSPS) is 10.9. The topological polar surface area (TPSA) is 69.2 Å². The predicted octanol–water partition coefficient (Wildman–Crippen LogP) is 5.25. The molecule has 3 aromatic heterocycles. The first kappa shape index (κ1) is 20.0. The van der Waals surface area contributed by atoms with Crippen molar-refractivity contribution in [1.29, 1.82) is 0 Å². The molecule has 0 saturated carbocycles. The summed E-state index contributed by atoms with van der Waals surface area (Å²) in [5.74, 6) is 0.152. The van der Waals surface area contributed by atoms with Crippen LogP contribution in [0.15, 0.2) is 61.1 Å². The summed E-state index contributed by atoms with van der Waals surface area (Å²) in [5, 5.41) is 4.55. The number of ether oxygens (including phenoxy) is 2. The molecule has 1 N–H and O–H groups in total. The zero-order chi connectivity index (χ0) is 20.9. The lowest BCUT2D eigenvalue weighted by Gasteiger charge is -2.15. The number of fused-ring (bicyclic) bond motifs is 1. The third kappa shape index (κ3) is 4.32. The van der Waals surface area contributed by atoms with Gasteiger partial charge in [-0.05, 0) is 42.5 Å². The van der Waals surface area contributed by atoms with E-state index in [1.807, 2.05) is 12.1 Å². The highest BCUT2D eigenvalue weighted by Gasteiger charge is 2.14. The molecule has 0 fully saturated rings. The Morgan fingerprint density at radius 1 is 1.07 bits per heavy atom. The first-order valence-electron chi connectivity index (χ1n) is 9.19. The largest absolute Gasteiger partial charge is 0.487 e. The van der Waals surface area contributed by atoms with Gasteiger partial charge in [0, 0.05) is 35.5 Å². The van der Waals surface area contributed by atoms with Gasteiger partial charge in [0.1, 0.15) is 12.4 Å². The van der Waals surface area contributed by atoms with Gasteiger partial charge >= 0.3 is 0 Å². The molecule has 0 atom stereocenters. The number of anilines is 2. The number of hydrogen-bond acceptors (Lipinski definition) is 6. The summed E-state index contributed by atoms with van der Waals surface area (Å²) in [6.07, 6.45) is 4.92. The summed E-state index contributed by atoms with van der Waals surface area (Å²) in [6.45, 7) is 0.836. The molecule has 0 aliphatic carbocycles. The first-order chi connectivity index (χ1) is 14.7. The van der Waals surface area contributed by atoms with Crippen LogP contribution in [-0.4, -0.2) is 35.3 Å². The van der Waals surface area contributed by atoms with E-state index >= 15 is 0 Å². The monoisotopic (exact) mass is 424 g/mol. The van der Waals surface area contributed by atoms with E-state index < -0.39 is 5.82 Å². The van der Waals surface area contributed by atoms with Crippen LogP contribution in [0.3, 0.4) is 0 Å². The van der Waals surface area contributed by atoms with E-state index in [1.54, 1.807) is 43.9 Å². The molecule has 0 aliphatic heterocycles. The number of hydrogen-bond donors (Lipinski definition) is 1. The molecule has 0 radical (unpaired) electrons. The van der Waals surface area contributed by atoms with Crippen molar-refractivity contribution >= 4 is 34.0 Å². The van der Waals surface area contributed by atoms with Gasteiger partial charge in [-0.3, -0.25) is 4.98 Å². The molecule has 0 amide bonds. The van der Waals surface area contributed by atoms with E-state index in [0.29, 0.717) is 52.3 Å². The Labute approximate surface area is 177 Å². The number of benzene rings is 1. The minimum Gasteiger partial charge on any atom is -0.487 e. The Morgan fingerprint density at radius 3 is 2.83 bits per heavy atom. The smallest absolute Gasteiger partial charge is 0.161 e. The van der Waals surface area contributed by atoms with Crippen molar-refractivity contribution in [2.75, 3.05) is 25.6 Å². The number of pyridine rings is 3. The molecule has 1 aromatic carbocycles. The third-order valence-corrected chi connectivity index (χ3v) is 4.62. The highest BCUT2D eigenvalue weighted by atomic mass is 35.5. The minimum absolute atomic E-state index is 0.296. The summed E-state index contributed by atoms with van der Waals surface area (Å²) >= 11 is 6.08. The zero-order valence-corrected chi connectivity index (χ0v) is 16.9. The average Bonchev–Trinajstić information content (AvgIpc) is 2.76. The summed E-state index contributed by atoms with van der Waals surface area (Å²) in [5.41, 5.74) is 2.59. The van der Waals surface area contributed by atoms with Crippen LogP contribution in [0.1, 0.15) is 0 Å². The molecule has 0 unspecified atom stereocenters. The molecular formula is C22H18ClFN4O2. The molecule has 4 rings (SSSR count). The molecule has 4 aromatic rings. The quantitative estimate of drug-likeness (QED) is 0.408. The standard InChI is InChI=1S/C22H18ClFN4O2/c1-29-9-10-30-21-13-25-8-6-18(21)27-19-12-20(16-11-14(23)4-5-17(16)24)28-22-15(19)3-2-7-26-22/h2-8,11-13H,9-10H2,1H3,(H,25,26,27,28). The van der Waals surface area contributed by atoms with E-state index in [1.165, 1.54) is 12.1 Å². The number of rotatable bonds is 7. The van der Waals surface area contributed by atoms with Crippen molar-refractivity contribution in [3.8, 4) is 17.0 Å². The lowest BCUT2D eigenvalue weighted by Crippen LogP contribution is -2.06. The molecule has 0 spiro atoms. The zero-order valence-electron chi connectivity index (χ0n) is 16.1. The molecule has 0 saturated heterocycles. The van der Waals surface area contributed by atoms with E-state index in [4.69, 9.17) is 21.1 Å². The van der Waals surface area contributed by atoms with Crippen LogP contribution >= 0.6 is 11.6 Å². The fourth-order valence-electron chi connectivity index (χ4n) is 2.97. The van der Waals surface area contributed by atoms with E-state index in [2.05, 4.69) is 20.3 Å². The van der Waals surface area contributed by atoms with Crippen LogP contribution in [0.25, 0.3) is 22.3 Å². The molecule has 6 nitrogen and oxygen atoms in total. The minimum atomic E-state index is -0.416. The Hall–Kier alpha value is -3.29. The summed E-state index contributed by atoms with van der Waals surface area (Å²) in [6, 6.07) is 11.6. The molecule has 30 heavy (non-hydrogen) atoms. The summed E-state index contributed by atoms with van der Waals surface area (Å²) in [4.78, 5) is 13.0. The van der Waals surface area contributed by atoms with E-state index in [0.717, 1.165) is 5.39 Å². The molecule has 8 heteroatoms. The van der Waals surface area contributed by atoms with Crippen LogP contribution in [0.5, 0.6) is 5.75 Å². The highest BCUT2D eigenvalue weighted by molar-refractivity contribution is 6.30. The lowest BCUT2D eigenvalue weighted by molar-refractivity contribution is 0.146. The highest BCUT2D eigenvalue weighted by Crippen LogP contribution is 2.34. The fraction of sp³-hybridized carbons (Fsp3) is 0.136. The van der Waals surface area contributed by atoms with Gasteiger partial charge in [-0.25, -0.2) is 14.4 Å². The van der Waals surface area contributed by atoms with Gasteiger partial charge in [-0.1, -0.05) is 11.6 Å². The van der Waals surface area contributed by atoms with Crippen molar-refractivity contribution in [3.63, 3.8) is 0 Å². The third-order valence-electron chi connectivity index (χ3n) is 4.39. The van der Waals surface area contributed by atoms with Crippen LogP contribution < -0.4 is 10.1 Å². The van der Waals surface area contributed by atoms with Crippen molar-refractivity contribution in [1.82, 2.24) is 15.0 Å². The van der Waals surface area contributed by atoms with Gasteiger partial charge in [-0.15, -0.1) is 0 Å². The molecule has 3 heterocycles. The van der Waals surface area contributed by atoms with Gasteiger partial charge < -0.3 is 14.8 Å². The average molecular weight is 425 g/mol. The maximum Gasteiger partial charge on any atom is 0.161 e. The number of halogens is 2. The van der Waals surface area contributed by atoms with Gasteiger partial charge in [0.05, 0.1) is 29.9 Å². The molecule has 0 aliphatic rings. The van der Waals surface area contributed by atoms with Crippen LogP contribution in [0, 0.1) is 5.82 Å². The Bertz CT molecular complexity index is 1190. The number of aromatic nitrogens is 3. The van der Waals surface area contributed by atoms with Crippen molar-refractivity contribution < 1.29 is 13.9 Å². The van der Waals surface area contributed by atoms with Crippen LogP contribution in [0.4, 0.5) is 15.8 Å². The second-order valence-electron chi connectivity index (χ2n) is 6.39. The molecular weight excluding hydrogens is 407 g/mol. The molecule has 0 bridgehead atoms. The Morgan fingerprint density at radius 2 is 1.97 bits per heavy atom. The van der Waals surface area contributed by atoms with Crippen LogP contribution in [-0.2, 0) is 4.74 Å². The van der Waals surface area contributed by atoms with Crippen molar-refractivity contribution in [3.05, 3.63) is 71.9 Å². The summed E-state index contributed by atoms with van der Waals surface area (Å²) in [7, 11) is 1.61. The number of nitrogens with zero attached hydrogens (tertiary/aromatic N) is 3. The second-order valence-corrected chi connectivity index (χ2v) is 6.83. The lowest BCUT2D eigenvalue weighted by atomic mass is 10.1. The first-order valence-corrected chi connectivity index (χ1v) is 9.57. The van der Waals surface area contributed by atoms with Crippen molar-refractivity contribution in [2.45, 2.75) is 0 Å². The maximum absolute atomic E-state index is 14.5. The van der Waals surface area contributed by atoms with Gasteiger partial charge in [0.15, 0.2) is 11.4 Å². The Kier molecular flexibility index (Phi) is 6.02. The number of nitrogens with one attached hydrogen (secondary N) is 1. The Balaban J connectivity index is 1.79. The SMILES string of the molecule is COCCOc1cnccc1Nc1cc(-c2cc(Cl)ccc2F)nc2ncccc12. The van der Waals surface area contributed by atoms with Crippen LogP contribution in [0.2, 0.25) is 5.02 Å². The van der Waals surface area contributed by atoms with E-state index in [-0.39, 0.29) is 0 Å². The summed E-state index contributed by atoms with van der Waals surface area (Å²) < 4.78 is 25.3. The van der Waals surface area contributed by atoms with Gasteiger partial charge in [-0.2, -0.15) is 0 Å². The van der Waals surface area contributed by atoms with Gasteiger partial charge in [0.25, 0.3) is 0 Å².